The number of hydrogen-bond acceptors (Lipinski definition) is 6. The van der Waals surface area contributed by atoms with Gasteiger partial charge in [0.05, 0.1) is 12.7 Å². The Morgan fingerprint density at radius 2 is 1.71 bits per heavy atom. The maximum absolute atomic E-state index is 12.4. The Hall–Kier alpha value is -2.84. The molecule has 1 aromatic rings. The minimum absolute atomic E-state index is 0.0562. The molecule has 0 aliphatic heterocycles. The second kappa shape index (κ2) is 9.38. The van der Waals surface area contributed by atoms with E-state index in [0.29, 0.717) is 11.3 Å². The molecule has 1 atom stereocenters. The van der Waals surface area contributed by atoms with Gasteiger partial charge >= 0.3 is 18.0 Å². The second-order valence-electron chi connectivity index (χ2n) is 6.96. The fourth-order valence-electron chi connectivity index (χ4n) is 3.32. The van der Waals surface area contributed by atoms with E-state index in [1.54, 1.807) is 13.8 Å². The highest BCUT2D eigenvalue weighted by Gasteiger charge is 2.27. The van der Waals surface area contributed by atoms with Crippen molar-refractivity contribution in [2.45, 2.75) is 65.0 Å². The summed E-state index contributed by atoms with van der Waals surface area (Å²) in [6.07, 6.45) is 3.85. The highest BCUT2D eigenvalue weighted by Crippen LogP contribution is 2.20. The van der Waals surface area contributed by atoms with E-state index >= 15 is 0 Å². The van der Waals surface area contributed by atoms with Crippen LogP contribution < -0.4 is 10.6 Å². The average molecular weight is 393 g/mol. The van der Waals surface area contributed by atoms with E-state index in [0.717, 1.165) is 32.1 Å². The maximum atomic E-state index is 12.4. The van der Waals surface area contributed by atoms with Crippen molar-refractivity contribution in [2.75, 3.05) is 7.11 Å². The van der Waals surface area contributed by atoms with Crippen molar-refractivity contribution >= 4 is 23.9 Å². The van der Waals surface area contributed by atoms with Crippen LogP contribution in [0, 0.1) is 13.8 Å². The number of ether oxygens (including phenoxy) is 2. The van der Waals surface area contributed by atoms with Gasteiger partial charge in [-0.2, -0.15) is 0 Å². The van der Waals surface area contributed by atoms with Gasteiger partial charge < -0.3 is 19.8 Å². The van der Waals surface area contributed by atoms with Crippen molar-refractivity contribution in [1.29, 1.82) is 0 Å². The molecule has 1 heterocycles. The number of aromatic nitrogens is 1. The van der Waals surface area contributed by atoms with Crippen molar-refractivity contribution in [3.63, 3.8) is 0 Å². The first-order valence-corrected chi connectivity index (χ1v) is 9.34. The number of esters is 2. The van der Waals surface area contributed by atoms with Crippen molar-refractivity contribution < 1.29 is 28.7 Å². The molecule has 0 aromatic carbocycles. The molecule has 0 spiro atoms. The molecule has 0 bridgehead atoms. The lowest BCUT2D eigenvalue weighted by Crippen LogP contribution is -2.48. The van der Waals surface area contributed by atoms with Gasteiger partial charge in [0, 0.05) is 11.7 Å². The molecule has 1 aliphatic carbocycles. The fraction of sp³-hybridized carbons (Fsp3) is 0.579. The zero-order chi connectivity index (χ0) is 20.8. The van der Waals surface area contributed by atoms with Gasteiger partial charge in [0.15, 0.2) is 6.10 Å². The van der Waals surface area contributed by atoms with Gasteiger partial charge in [-0.25, -0.2) is 14.4 Å². The SMILES string of the molecule is COC(=O)c1c(C)[nH]c(C(=O)OC(C)C(=O)NC(=O)NC2CCCCC2)c1C. The van der Waals surface area contributed by atoms with Crippen molar-refractivity contribution in [3.8, 4) is 0 Å². The number of urea groups is 1. The fourth-order valence-corrected chi connectivity index (χ4v) is 3.32. The molecule has 28 heavy (non-hydrogen) atoms. The molecule has 9 nitrogen and oxygen atoms in total. The summed E-state index contributed by atoms with van der Waals surface area (Å²) >= 11 is 0. The molecule has 1 aromatic heterocycles. The van der Waals surface area contributed by atoms with Gasteiger partial charge in [-0.1, -0.05) is 19.3 Å². The molecule has 1 fully saturated rings. The average Bonchev–Trinajstić information content (AvgIpc) is 2.96. The van der Waals surface area contributed by atoms with Crippen molar-refractivity contribution in [2.24, 2.45) is 0 Å². The summed E-state index contributed by atoms with van der Waals surface area (Å²) in [4.78, 5) is 51.0. The Labute approximate surface area is 163 Å². The summed E-state index contributed by atoms with van der Waals surface area (Å²) in [5.74, 6) is -2.10. The molecule has 3 amide bonds. The first kappa shape index (κ1) is 21.5. The Bertz CT molecular complexity index is 764. The Morgan fingerprint density at radius 3 is 2.32 bits per heavy atom. The summed E-state index contributed by atoms with van der Waals surface area (Å²) in [7, 11) is 1.25. The van der Waals surface area contributed by atoms with Crippen LogP contribution in [-0.2, 0) is 14.3 Å². The highest BCUT2D eigenvalue weighted by molar-refractivity contribution is 6.00. The molecule has 1 saturated carbocycles. The highest BCUT2D eigenvalue weighted by atomic mass is 16.5. The number of amides is 3. The maximum Gasteiger partial charge on any atom is 0.355 e. The zero-order valence-electron chi connectivity index (χ0n) is 16.6. The smallest absolute Gasteiger partial charge is 0.355 e. The van der Waals surface area contributed by atoms with Gasteiger partial charge in [-0.15, -0.1) is 0 Å². The molecular weight excluding hydrogens is 366 g/mol. The van der Waals surface area contributed by atoms with E-state index < -0.39 is 30.0 Å². The number of carbonyl (C=O) groups is 4. The van der Waals surface area contributed by atoms with E-state index in [9.17, 15) is 19.2 Å². The number of aryl methyl sites for hydroxylation is 1. The Kier molecular flexibility index (Phi) is 7.19. The monoisotopic (exact) mass is 393 g/mol. The first-order chi connectivity index (χ1) is 13.2. The number of nitrogens with one attached hydrogen (secondary N) is 3. The molecule has 0 saturated heterocycles. The summed E-state index contributed by atoms with van der Waals surface area (Å²) in [6.45, 7) is 4.57. The van der Waals surface area contributed by atoms with Crippen molar-refractivity contribution in [3.05, 3.63) is 22.5 Å². The summed E-state index contributed by atoms with van der Waals surface area (Å²) in [5.41, 5.74) is 1.14. The number of imide groups is 1. The summed E-state index contributed by atoms with van der Waals surface area (Å²) in [5, 5.41) is 4.95. The third kappa shape index (κ3) is 5.11. The summed E-state index contributed by atoms with van der Waals surface area (Å²) < 4.78 is 9.83. The minimum Gasteiger partial charge on any atom is -0.465 e. The van der Waals surface area contributed by atoms with E-state index in [-0.39, 0.29) is 17.3 Å². The van der Waals surface area contributed by atoms with E-state index in [4.69, 9.17) is 9.47 Å². The van der Waals surface area contributed by atoms with E-state index in [1.807, 2.05) is 0 Å². The number of hydrogen-bond donors (Lipinski definition) is 3. The lowest BCUT2D eigenvalue weighted by Gasteiger charge is -2.23. The van der Waals surface area contributed by atoms with Crippen LogP contribution in [0.2, 0.25) is 0 Å². The first-order valence-electron chi connectivity index (χ1n) is 9.34. The van der Waals surface area contributed by atoms with Crippen LogP contribution in [0.5, 0.6) is 0 Å². The van der Waals surface area contributed by atoms with Crippen LogP contribution in [0.3, 0.4) is 0 Å². The number of rotatable bonds is 5. The van der Waals surface area contributed by atoms with Gasteiger partial charge in [0.1, 0.15) is 5.69 Å². The Morgan fingerprint density at radius 1 is 1.07 bits per heavy atom. The quantitative estimate of drug-likeness (QED) is 0.658. The van der Waals surface area contributed by atoms with E-state index in [2.05, 4.69) is 15.6 Å². The van der Waals surface area contributed by atoms with Crippen LogP contribution in [0.25, 0.3) is 0 Å². The van der Waals surface area contributed by atoms with Crippen LogP contribution >= 0.6 is 0 Å². The molecule has 1 unspecified atom stereocenters. The minimum atomic E-state index is -1.19. The van der Waals surface area contributed by atoms with Crippen LogP contribution in [-0.4, -0.2) is 48.1 Å². The standard InChI is InChI=1S/C19H27N3O6/c1-10-14(17(24)27-4)11(2)20-15(10)18(25)28-12(3)16(23)22-19(26)21-13-8-6-5-7-9-13/h12-13,20H,5-9H2,1-4H3,(H2,21,22,23,26). The number of methoxy groups -OCH3 is 1. The summed E-state index contributed by atoms with van der Waals surface area (Å²) in [6, 6.07) is -0.541. The largest absolute Gasteiger partial charge is 0.465 e. The molecule has 0 radical (unpaired) electrons. The Balaban J connectivity index is 1.93. The van der Waals surface area contributed by atoms with Crippen LogP contribution in [0.1, 0.15) is 71.1 Å². The van der Waals surface area contributed by atoms with E-state index in [1.165, 1.54) is 14.0 Å². The lowest BCUT2D eigenvalue weighted by atomic mass is 9.96. The molecular formula is C19H27N3O6. The molecule has 3 N–H and O–H groups in total. The molecule has 1 aliphatic rings. The van der Waals surface area contributed by atoms with Gasteiger partial charge in [0.25, 0.3) is 5.91 Å². The normalized spacial score (nSPS) is 15.4. The van der Waals surface area contributed by atoms with Crippen molar-refractivity contribution in [1.82, 2.24) is 15.6 Å². The second-order valence-corrected chi connectivity index (χ2v) is 6.96. The van der Waals surface area contributed by atoms with Gasteiger partial charge in [0.2, 0.25) is 0 Å². The molecule has 9 heteroatoms. The number of carbonyl (C=O) groups excluding carboxylic acids is 4. The number of H-pyrrole nitrogens is 1. The molecule has 154 valence electrons. The topological polar surface area (TPSA) is 127 Å². The molecule has 2 rings (SSSR count). The van der Waals surface area contributed by atoms with Crippen LogP contribution in [0.15, 0.2) is 0 Å². The predicted octanol–water partition coefficient (Wildman–Crippen LogP) is 2.12. The predicted molar refractivity (Wildman–Crippen MR) is 100 cm³/mol. The number of aromatic amines is 1. The van der Waals surface area contributed by atoms with Gasteiger partial charge in [-0.3, -0.25) is 10.1 Å². The lowest BCUT2D eigenvalue weighted by molar-refractivity contribution is -0.127. The van der Waals surface area contributed by atoms with Crippen LogP contribution in [0.4, 0.5) is 4.79 Å². The third-order valence-corrected chi connectivity index (χ3v) is 4.86. The third-order valence-electron chi connectivity index (χ3n) is 4.86. The zero-order valence-corrected chi connectivity index (χ0v) is 16.6. The van der Waals surface area contributed by atoms with Gasteiger partial charge in [-0.05, 0) is 39.2 Å².